The van der Waals surface area contributed by atoms with Crippen LogP contribution in [0.25, 0.3) is 21.2 Å². The van der Waals surface area contributed by atoms with Crippen LogP contribution in [0, 0.1) is 0 Å². The number of furan rings is 1. The molecule has 3 N–H and O–H groups in total. The Labute approximate surface area is 129 Å². The largest absolute Gasteiger partial charge is 0.451 e. The second-order valence-electron chi connectivity index (χ2n) is 4.84. The second kappa shape index (κ2) is 4.85. The number of aromatic nitrogens is 1. The van der Waals surface area contributed by atoms with E-state index in [0.717, 1.165) is 15.6 Å². The smallest absolute Gasteiger partial charge is 0.291 e. The van der Waals surface area contributed by atoms with E-state index in [1.807, 2.05) is 36.4 Å². The van der Waals surface area contributed by atoms with Crippen molar-refractivity contribution in [2.75, 3.05) is 11.1 Å². The Morgan fingerprint density at radius 2 is 2.05 bits per heavy atom. The van der Waals surface area contributed by atoms with Crippen LogP contribution in [-0.2, 0) is 0 Å². The van der Waals surface area contributed by atoms with Crippen LogP contribution >= 0.6 is 11.3 Å². The van der Waals surface area contributed by atoms with Gasteiger partial charge in [-0.25, -0.2) is 4.98 Å². The maximum atomic E-state index is 12.3. The van der Waals surface area contributed by atoms with Gasteiger partial charge in [0, 0.05) is 11.1 Å². The second-order valence-corrected chi connectivity index (χ2v) is 5.90. The summed E-state index contributed by atoms with van der Waals surface area (Å²) in [5.41, 5.74) is 7.80. The molecule has 6 heteroatoms. The number of nitrogen functional groups attached to an aromatic ring is 1. The summed E-state index contributed by atoms with van der Waals surface area (Å²) in [6.45, 7) is 0. The van der Waals surface area contributed by atoms with E-state index in [9.17, 15) is 4.79 Å². The molecule has 0 aliphatic rings. The molecule has 0 saturated carbocycles. The third-order valence-corrected chi connectivity index (χ3v) is 4.18. The molecule has 0 atom stereocenters. The highest BCUT2D eigenvalue weighted by atomic mass is 32.1. The number of nitrogens with zero attached hydrogens (tertiary/aromatic N) is 1. The van der Waals surface area contributed by atoms with E-state index in [2.05, 4.69) is 10.3 Å². The molecular weight excluding hydrogens is 298 g/mol. The summed E-state index contributed by atoms with van der Waals surface area (Å²) >= 11 is 1.41. The van der Waals surface area contributed by atoms with Crippen molar-refractivity contribution in [2.45, 2.75) is 0 Å². The first-order valence-corrected chi connectivity index (χ1v) is 7.47. The Hall–Kier alpha value is -2.86. The van der Waals surface area contributed by atoms with Gasteiger partial charge in [-0.05, 0) is 30.3 Å². The van der Waals surface area contributed by atoms with Crippen LogP contribution in [-0.4, -0.2) is 10.9 Å². The van der Waals surface area contributed by atoms with E-state index in [4.69, 9.17) is 10.2 Å². The molecule has 0 spiro atoms. The minimum Gasteiger partial charge on any atom is -0.451 e. The summed E-state index contributed by atoms with van der Waals surface area (Å²) in [5, 5.41) is 4.22. The van der Waals surface area contributed by atoms with E-state index >= 15 is 0 Å². The molecule has 2 heterocycles. The van der Waals surface area contributed by atoms with Crippen molar-refractivity contribution in [3.8, 4) is 0 Å². The number of fused-ring (bicyclic) bond motifs is 2. The zero-order valence-electron chi connectivity index (χ0n) is 11.4. The Morgan fingerprint density at radius 1 is 1.18 bits per heavy atom. The summed E-state index contributed by atoms with van der Waals surface area (Å²) in [5.74, 6) is -0.0159. The van der Waals surface area contributed by atoms with Gasteiger partial charge in [0.25, 0.3) is 5.91 Å². The van der Waals surface area contributed by atoms with Crippen LogP contribution in [0.3, 0.4) is 0 Å². The molecule has 108 valence electrons. The fourth-order valence-corrected chi connectivity index (χ4v) is 3.02. The van der Waals surface area contributed by atoms with Crippen molar-refractivity contribution in [3.05, 3.63) is 54.3 Å². The predicted molar refractivity (Wildman–Crippen MR) is 88.2 cm³/mol. The Kier molecular flexibility index (Phi) is 2.83. The molecule has 0 unspecified atom stereocenters. The molecule has 5 nitrogen and oxygen atoms in total. The Morgan fingerprint density at radius 3 is 2.91 bits per heavy atom. The molecule has 22 heavy (non-hydrogen) atoms. The molecule has 0 aliphatic heterocycles. The first-order valence-electron chi connectivity index (χ1n) is 6.65. The molecular formula is C16H11N3O2S. The van der Waals surface area contributed by atoms with Gasteiger partial charge in [-0.1, -0.05) is 29.5 Å². The lowest BCUT2D eigenvalue weighted by Crippen LogP contribution is -2.10. The number of carbonyl (C=O) groups is 1. The van der Waals surface area contributed by atoms with Crippen molar-refractivity contribution in [3.63, 3.8) is 0 Å². The van der Waals surface area contributed by atoms with Crippen molar-refractivity contribution in [1.29, 1.82) is 0 Å². The number of rotatable bonds is 2. The summed E-state index contributed by atoms with van der Waals surface area (Å²) < 4.78 is 6.53. The van der Waals surface area contributed by atoms with Gasteiger partial charge in [-0.2, -0.15) is 0 Å². The molecule has 0 bridgehead atoms. The molecule has 0 fully saturated rings. The molecule has 2 aromatic carbocycles. The predicted octanol–water partition coefficient (Wildman–Crippen LogP) is 3.88. The highest BCUT2D eigenvalue weighted by Gasteiger charge is 2.13. The van der Waals surface area contributed by atoms with Crippen molar-refractivity contribution in [2.24, 2.45) is 0 Å². The van der Waals surface area contributed by atoms with Gasteiger partial charge in [-0.3, -0.25) is 4.79 Å². The number of hydrogen-bond donors (Lipinski definition) is 2. The van der Waals surface area contributed by atoms with Crippen LogP contribution in [0.5, 0.6) is 0 Å². The van der Waals surface area contributed by atoms with Crippen molar-refractivity contribution >= 4 is 49.2 Å². The summed E-state index contributed by atoms with van der Waals surface area (Å²) in [7, 11) is 0. The molecule has 1 amide bonds. The number of amides is 1. The Bertz CT molecular complexity index is 970. The van der Waals surface area contributed by atoms with Crippen LogP contribution in [0.1, 0.15) is 10.6 Å². The number of carbonyl (C=O) groups excluding carboxylic acids is 1. The van der Waals surface area contributed by atoms with Gasteiger partial charge in [-0.15, -0.1) is 0 Å². The van der Waals surface area contributed by atoms with Gasteiger partial charge < -0.3 is 15.5 Å². The van der Waals surface area contributed by atoms with E-state index in [-0.39, 0.29) is 11.7 Å². The Balaban J connectivity index is 1.64. The molecule has 2 aromatic heterocycles. The maximum Gasteiger partial charge on any atom is 0.291 e. The first-order chi connectivity index (χ1) is 10.7. The normalized spacial score (nSPS) is 11.1. The lowest BCUT2D eigenvalue weighted by Gasteiger charge is -2.02. The monoisotopic (exact) mass is 309 g/mol. The minimum atomic E-state index is -0.293. The highest BCUT2D eigenvalue weighted by Crippen LogP contribution is 2.26. The topological polar surface area (TPSA) is 81.1 Å². The third-order valence-electron chi connectivity index (χ3n) is 3.31. The van der Waals surface area contributed by atoms with E-state index in [1.165, 1.54) is 11.3 Å². The fraction of sp³-hybridized carbons (Fsp3) is 0. The SMILES string of the molecule is Nc1nc2cc(NC(=O)c3cc4ccccc4o3)ccc2s1. The molecule has 4 rings (SSSR count). The van der Waals surface area contributed by atoms with E-state index in [1.54, 1.807) is 12.1 Å². The molecule has 0 aliphatic carbocycles. The van der Waals surface area contributed by atoms with Gasteiger partial charge >= 0.3 is 0 Å². The average molecular weight is 309 g/mol. The average Bonchev–Trinajstić information content (AvgIpc) is 3.08. The zero-order chi connectivity index (χ0) is 15.1. The van der Waals surface area contributed by atoms with Crippen LogP contribution in [0.2, 0.25) is 0 Å². The number of nitrogens with two attached hydrogens (primary N) is 1. The lowest BCUT2D eigenvalue weighted by atomic mass is 10.2. The molecule has 0 radical (unpaired) electrons. The van der Waals surface area contributed by atoms with Crippen LogP contribution < -0.4 is 11.1 Å². The van der Waals surface area contributed by atoms with Crippen LogP contribution in [0.4, 0.5) is 10.8 Å². The number of hydrogen-bond acceptors (Lipinski definition) is 5. The standard InChI is InChI=1S/C16H11N3O2S/c17-16-19-11-8-10(5-6-14(11)22-16)18-15(20)13-7-9-3-1-2-4-12(9)21-13/h1-8H,(H2,17,19)(H,18,20). The number of para-hydroxylation sites is 1. The number of nitrogens with one attached hydrogen (secondary N) is 1. The summed E-state index contributed by atoms with van der Waals surface area (Å²) in [6, 6.07) is 14.7. The summed E-state index contributed by atoms with van der Waals surface area (Å²) in [6.07, 6.45) is 0. The van der Waals surface area contributed by atoms with Crippen molar-refractivity contribution in [1.82, 2.24) is 4.98 Å². The third kappa shape index (κ3) is 2.19. The fourth-order valence-electron chi connectivity index (χ4n) is 2.31. The zero-order valence-corrected chi connectivity index (χ0v) is 12.2. The van der Waals surface area contributed by atoms with Gasteiger partial charge in [0.05, 0.1) is 10.2 Å². The van der Waals surface area contributed by atoms with E-state index in [0.29, 0.717) is 16.4 Å². The first kappa shape index (κ1) is 12.8. The lowest BCUT2D eigenvalue weighted by molar-refractivity contribution is 0.0998. The number of anilines is 2. The van der Waals surface area contributed by atoms with Crippen molar-refractivity contribution < 1.29 is 9.21 Å². The summed E-state index contributed by atoms with van der Waals surface area (Å²) in [4.78, 5) is 16.5. The molecule has 0 saturated heterocycles. The van der Waals surface area contributed by atoms with Gasteiger partial charge in [0.2, 0.25) is 0 Å². The molecule has 4 aromatic rings. The maximum absolute atomic E-state index is 12.3. The number of thiazole rings is 1. The van der Waals surface area contributed by atoms with E-state index < -0.39 is 0 Å². The quantitative estimate of drug-likeness (QED) is 0.589. The number of benzene rings is 2. The highest BCUT2D eigenvalue weighted by molar-refractivity contribution is 7.22. The van der Waals surface area contributed by atoms with Crippen LogP contribution in [0.15, 0.2) is 52.9 Å². The van der Waals surface area contributed by atoms with Gasteiger partial charge in [0.15, 0.2) is 10.9 Å². The minimum absolute atomic E-state index is 0.277. The van der Waals surface area contributed by atoms with Gasteiger partial charge in [0.1, 0.15) is 5.58 Å².